The van der Waals surface area contributed by atoms with Gasteiger partial charge in [0.1, 0.15) is 17.9 Å². The van der Waals surface area contributed by atoms with E-state index in [4.69, 9.17) is 4.74 Å². The number of rotatable bonds is 10. The van der Waals surface area contributed by atoms with Gasteiger partial charge < -0.3 is 14.8 Å². The van der Waals surface area contributed by atoms with E-state index in [0.29, 0.717) is 11.3 Å². The standard InChI is InChI=1S/C21H17F2N3O8/c22-21(23)34-13-6-4-12(5-7-13)8-9-24-16(27)11-33-17(28)10-25-19(29)14-2-1-3-15(26(31)32)18(14)20(25)30/h1-7,21H,8-11H2,(H,24,27). The van der Waals surface area contributed by atoms with Crippen LogP contribution >= 0.6 is 0 Å². The topological polar surface area (TPSA) is 145 Å². The zero-order valence-electron chi connectivity index (χ0n) is 17.4. The SMILES string of the molecule is O=C(COC(=O)CN1C(=O)c2cccc([N+](=O)[O-])c2C1=O)NCCc1ccc(OC(F)F)cc1. The summed E-state index contributed by atoms with van der Waals surface area (Å²) in [6.45, 7) is -4.26. The van der Waals surface area contributed by atoms with Crippen LogP contribution in [0.4, 0.5) is 14.5 Å². The van der Waals surface area contributed by atoms with Gasteiger partial charge in [0, 0.05) is 12.6 Å². The van der Waals surface area contributed by atoms with E-state index in [-0.39, 0.29) is 17.9 Å². The number of nitrogens with zero attached hydrogens (tertiary/aromatic N) is 2. The molecule has 34 heavy (non-hydrogen) atoms. The van der Waals surface area contributed by atoms with Gasteiger partial charge in [0.2, 0.25) is 0 Å². The third-order valence-electron chi connectivity index (χ3n) is 4.71. The van der Waals surface area contributed by atoms with Crippen molar-refractivity contribution in [3.63, 3.8) is 0 Å². The Kier molecular flexibility index (Phi) is 7.46. The fourth-order valence-electron chi connectivity index (χ4n) is 3.17. The van der Waals surface area contributed by atoms with Gasteiger partial charge >= 0.3 is 12.6 Å². The Morgan fingerprint density at radius 2 is 1.79 bits per heavy atom. The van der Waals surface area contributed by atoms with Crippen LogP contribution in [-0.2, 0) is 20.7 Å². The Hall–Kier alpha value is -4.42. The maximum absolute atomic E-state index is 12.4. The number of alkyl halides is 2. The Bertz CT molecular complexity index is 1140. The third kappa shape index (κ3) is 5.68. The molecule has 0 unspecified atom stereocenters. The lowest BCUT2D eigenvalue weighted by atomic mass is 10.1. The summed E-state index contributed by atoms with van der Waals surface area (Å²) in [7, 11) is 0. The van der Waals surface area contributed by atoms with Gasteiger partial charge in [-0.25, -0.2) is 0 Å². The molecule has 0 radical (unpaired) electrons. The number of benzene rings is 2. The zero-order chi connectivity index (χ0) is 24.8. The number of ether oxygens (including phenoxy) is 2. The van der Waals surface area contributed by atoms with Crippen molar-refractivity contribution in [2.24, 2.45) is 0 Å². The second kappa shape index (κ2) is 10.5. The predicted molar refractivity (Wildman–Crippen MR) is 109 cm³/mol. The normalized spacial score (nSPS) is 12.5. The molecule has 2 aromatic rings. The predicted octanol–water partition coefficient (Wildman–Crippen LogP) is 1.69. The number of fused-ring (bicyclic) bond motifs is 1. The average Bonchev–Trinajstić information content (AvgIpc) is 3.03. The van der Waals surface area contributed by atoms with Crippen molar-refractivity contribution in [2.45, 2.75) is 13.0 Å². The molecule has 0 saturated heterocycles. The van der Waals surface area contributed by atoms with E-state index in [1.807, 2.05) is 0 Å². The van der Waals surface area contributed by atoms with Crippen LogP contribution in [0.3, 0.4) is 0 Å². The number of carbonyl (C=O) groups is 4. The number of nitrogens with one attached hydrogen (secondary N) is 1. The van der Waals surface area contributed by atoms with E-state index in [1.165, 1.54) is 24.3 Å². The highest BCUT2D eigenvalue weighted by molar-refractivity contribution is 6.24. The second-order valence-corrected chi connectivity index (χ2v) is 6.94. The molecule has 13 heteroatoms. The summed E-state index contributed by atoms with van der Waals surface area (Å²) in [6, 6.07) is 9.38. The molecule has 1 N–H and O–H groups in total. The number of nitro groups is 1. The molecule has 178 valence electrons. The number of esters is 1. The van der Waals surface area contributed by atoms with Crippen molar-refractivity contribution in [3.05, 3.63) is 69.3 Å². The van der Waals surface area contributed by atoms with E-state index < -0.39 is 59.6 Å². The number of imide groups is 1. The van der Waals surface area contributed by atoms with Crippen LogP contribution in [0.2, 0.25) is 0 Å². The molecule has 0 aliphatic carbocycles. The summed E-state index contributed by atoms with van der Waals surface area (Å²) in [5.74, 6) is -3.58. The molecule has 1 aliphatic rings. The van der Waals surface area contributed by atoms with E-state index in [2.05, 4.69) is 10.1 Å². The Morgan fingerprint density at radius 1 is 1.09 bits per heavy atom. The minimum absolute atomic E-state index is 0.00219. The fourth-order valence-corrected chi connectivity index (χ4v) is 3.17. The number of amides is 3. The first-order valence-electron chi connectivity index (χ1n) is 9.77. The van der Waals surface area contributed by atoms with Crippen molar-refractivity contribution in [1.82, 2.24) is 10.2 Å². The maximum atomic E-state index is 12.4. The summed E-state index contributed by atoms with van der Waals surface area (Å²) >= 11 is 0. The van der Waals surface area contributed by atoms with Crippen LogP contribution in [0.1, 0.15) is 26.3 Å². The summed E-state index contributed by atoms with van der Waals surface area (Å²) in [6.07, 6.45) is 0.364. The van der Waals surface area contributed by atoms with Crippen LogP contribution in [0.5, 0.6) is 5.75 Å². The lowest BCUT2D eigenvalue weighted by molar-refractivity contribution is -0.385. The second-order valence-electron chi connectivity index (χ2n) is 6.94. The van der Waals surface area contributed by atoms with E-state index in [1.54, 1.807) is 12.1 Å². The molecule has 0 aromatic heterocycles. The molecule has 1 aliphatic heterocycles. The van der Waals surface area contributed by atoms with Crippen molar-refractivity contribution in [2.75, 3.05) is 19.7 Å². The molecular weight excluding hydrogens is 460 g/mol. The first-order valence-corrected chi connectivity index (χ1v) is 9.77. The first kappa shape index (κ1) is 24.2. The Balaban J connectivity index is 1.44. The van der Waals surface area contributed by atoms with Crippen molar-refractivity contribution >= 4 is 29.4 Å². The minimum Gasteiger partial charge on any atom is -0.454 e. The number of hydrogen-bond acceptors (Lipinski definition) is 8. The van der Waals surface area contributed by atoms with Gasteiger partial charge in [-0.3, -0.25) is 34.2 Å². The quantitative estimate of drug-likeness (QED) is 0.236. The number of carbonyl (C=O) groups excluding carboxylic acids is 4. The van der Waals surface area contributed by atoms with Crippen LogP contribution in [-0.4, -0.2) is 59.8 Å². The highest BCUT2D eigenvalue weighted by atomic mass is 19.3. The van der Waals surface area contributed by atoms with E-state index in [9.17, 15) is 38.1 Å². The summed E-state index contributed by atoms with van der Waals surface area (Å²) in [4.78, 5) is 59.5. The Labute approximate surface area is 190 Å². The van der Waals surface area contributed by atoms with Crippen LogP contribution in [0.25, 0.3) is 0 Å². The number of hydrogen-bond donors (Lipinski definition) is 1. The largest absolute Gasteiger partial charge is 0.454 e. The highest BCUT2D eigenvalue weighted by Crippen LogP contribution is 2.30. The molecule has 11 nitrogen and oxygen atoms in total. The molecule has 0 fully saturated rings. The number of halogens is 2. The summed E-state index contributed by atoms with van der Waals surface area (Å²) in [5.41, 5.74) is -0.420. The summed E-state index contributed by atoms with van der Waals surface area (Å²) in [5, 5.41) is 13.6. The number of nitro benzene ring substituents is 1. The van der Waals surface area contributed by atoms with Gasteiger partial charge in [-0.1, -0.05) is 18.2 Å². The third-order valence-corrected chi connectivity index (χ3v) is 4.71. The zero-order valence-corrected chi connectivity index (χ0v) is 17.4. The summed E-state index contributed by atoms with van der Waals surface area (Å²) < 4.78 is 33.3. The van der Waals surface area contributed by atoms with Crippen LogP contribution < -0.4 is 10.1 Å². The van der Waals surface area contributed by atoms with Crippen molar-refractivity contribution < 1.29 is 42.4 Å². The van der Waals surface area contributed by atoms with E-state index in [0.717, 1.165) is 11.6 Å². The van der Waals surface area contributed by atoms with Gasteiger partial charge in [0.05, 0.1) is 10.5 Å². The Morgan fingerprint density at radius 3 is 2.44 bits per heavy atom. The fraction of sp³-hybridized carbons (Fsp3) is 0.238. The monoisotopic (exact) mass is 477 g/mol. The molecule has 0 saturated carbocycles. The molecule has 1 heterocycles. The average molecular weight is 477 g/mol. The molecule has 3 rings (SSSR count). The molecule has 2 aromatic carbocycles. The van der Waals surface area contributed by atoms with Gasteiger partial charge in [-0.15, -0.1) is 0 Å². The first-order chi connectivity index (χ1) is 16.2. The van der Waals surface area contributed by atoms with E-state index >= 15 is 0 Å². The van der Waals surface area contributed by atoms with Crippen molar-refractivity contribution in [3.8, 4) is 5.75 Å². The van der Waals surface area contributed by atoms with Gasteiger partial charge in [-0.2, -0.15) is 8.78 Å². The maximum Gasteiger partial charge on any atom is 0.387 e. The highest BCUT2D eigenvalue weighted by Gasteiger charge is 2.41. The smallest absolute Gasteiger partial charge is 0.387 e. The molecule has 0 bridgehead atoms. The molecular formula is C21H17F2N3O8. The minimum atomic E-state index is -2.93. The lowest BCUT2D eigenvalue weighted by Crippen LogP contribution is -2.37. The van der Waals surface area contributed by atoms with Gasteiger partial charge in [0.25, 0.3) is 23.4 Å². The van der Waals surface area contributed by atoms with Crippen molar-refractivity contribution in [1.29, 1.82) is 0 Å². The van der Waals surface area contributed by atoms with Gasteiger partial charge in [-0.05, 0) is 30.2 Å². The van der Waals surface area contributed by atoms with Gasteiger partial charge in [0.15, 0.2) is 6.61 Å². The molecule has 0 spiro atoms. The van der Waals surface area contributed by atoms with Crippen LogP contribution in [0, 0.1) is 10.1 Å². The molecule has 0 atom stereocenters. The van der Waals surface area contributed by atoms with Crippen LogP contribution in [0.15, 0.2) is 42.5 Å². The molecule has 3 amide bonds. The lowest BCUT2D eigenvalue weighted by Gasteiger charge is -2.13.